The minimum Gasteiger partial charge on any atom is -0.370 e. The number of rotatable bonds is 9. The van der Waals surface area contributed by atoms with E-state index in [4.69, 9.17) is 5.73 Å². The molecular weight excluding hydrogens is 258 g/mol. The van der Waals surface area contributed by atoms with Crippen molar-refractivity contribution in [2.75, 3.05) is 6.54 Å². The van der Waals surface area contributed by atoms with E-state index in [0.717, 1.165) is 19.3 Å². The van der Waals surface area contributed by atoms with Crippen molar-refractivity contribution in [3.63, 3.8) is 0 Å². The molecule has 0 aliphatic carbocycles. The third kappa shape index (κ3) is 4.30. The van der Waals surface area contributed by atoms with Gasteiger partial charge in [0, 0.05) is 12.5 Å². The number of nitrogens with two attached hydrogens (primary N) is 1. The van der Waals surface area contributed by atoms with Crippen LogP contribution in [0.1, 0.15) is 52.4 Å². The van der Waals surface area contributed by atoms with Gasteiger partial charge in [0.15, 0.2) is 0 Å². The topological polar surface area (TPSA) is 92.5 Å². The maximum Gasteiger partial charge on any atom is 0.247 e. The van der Waals surface area contributed by atoms with Crippen LogP contribution in [0.4, 0.5) is 0 Å². The molecule has 1 aliphatic heterocycles. The molecule has 0 aromatic carbocycles. The highest BCUT2D eigenvalue weighted by Crippen LogP contribution is 2.20. The van der Waals surface area contributed by atoms with Gasteiger partial charge in [-0.3, -0.25) is 19.3 Å². The minimum atomic E-state index is -0.406. The number of nitrogens with zero attached hydrogens (tertiary/aromatic N) is 1. The molecule has 1 rings (SSSR count). The number of primary amides is 1. The summed E-state index contributed by atoms with van der Waals surface area (Å²) in [5, 5.41) is 3.10. The Morgan fingerprint density at radius 1 is 1.35 bits per heavy atom. The van der Waals surface area contributed by atoms with Crippen LogP contribution in [0.25, 0.3) is 0 Å². The maximum atomic E-state index is 12.2. The lowest BCUT2D eigenvalue weighted by Gasteiger charge is -2.24. The number of carbonyl (C=O) groups is 3. The van der Waals surface area contributed by atoms with E-state index < -0.39 is 6.04 Å². The SMILES string of the molecule is CCC(CC)N1C(=O)CC(NCCCCC(N)=O)C1=O. The molecule has 0 aromatic heterocycles. The van der Waals surface area contributed by atoms with Gasteiger partial charge in [-0.2, -0.15) is 0 Å². The molecule has 6 heteroatoms. The Morgan fingerprint density at radius 3 is 2.55 bits per heavy atom. The Morgan fingerprint density at radius 2 is 2.00 bits per heavy atom. The first-order valence-electron chi connectivity index (χ1n) is 7.38. The normalized spacial score (nSPS) is 19.1. The first kappa shape index (κ1) is 16.6. The zero-order valence-corrected chi connectivity index (χ0v) is 12.4. The molecule has 0 radical (unpaired) electrons. The van der Waals surface area contributed by atoms with Crippen LogP contribution in [0.3, 0.4) is 0 Å². The van der Waals surface area contributed by atoms with Crippen molar-refractivity contribution in [2.24, 2.45) is 5.73 Å². The van der Waals surface area contributed by atoms with E-state index >= 15 is 0 Å². The summed E-state index contributed by atoms with van der Waals surface area (Å²) >= 11 is 0. The van der Waals surface area contributed by atoms with Gasteiger partial charge in [0.25, 0.3) is 0 Å². The molecule has 0 aromatic rings. The second kappa shape index (κ2) is 7.99. The Balaban J connectivity index is 2.40. The van der Waals surface area contributed by atoms with E-state index in [1.165, 1.54) is 4.90 Å². The number of carbonyl (C=O) groups excluding carboxylic acids is 3. The monoisotopic (exact) mass is 283 g/mol. The Bertz CT molecular complexity index is 367. The summed E-state index contributed by atoms with van der Waals surface area (Å²) in [5.41, 5.74) is 5.05. The van der Waals surface area contributed by atoms with Crippen molar-refractivity contribution in [1.82, 2.24) is 10.2 Å². The average molecular weight is 283 g/mol. The second-order valence-electron chi connectivity index (χ2n) is 5.21. The van der Waals surface area contributed by atoms with Gasteiger partial charge in [-0.15, -0.1) is 0 Å². The number of likely N-dealkylation sites (tertiary alicyclic amines) is 1. The van der Waals surface area contributed by atoms with Crippen LogP contribution in [0, 0.1) is 0 Å². The van der Waals surface area contributed by atoms with Crippen LogP contribution in [0.5, 0.6) is 0 Å². The minimum absolute atomic E-state index is 0.0108. The van der Waals surface area contributed by atoms with Crippen molar-refractivity contribution in [1.29, 1.82) is 0 Å². The summed E-state index contributed by atoms with van der Waals surface area (Å²) in [6, 6.07) is -0.395. The molecule has 114 valence electrons. The van der Waals surface area contributed by atoms with Gasteiger partial charge < -0.3 is 11.1 Å². The molecule has 1 unspecified atom stereocenters. The molecule has 1 atom stereocenters. The molecule has 6 nitrogen and oxygen atoms in total. The third-order valence-corrected chi connectivity index (χ3v) is 3.73. The fourth-order valence-corrected chi connectivity index (χ4v) is 2.55. The highest BCUT2D eigenvalue weighted by molar-refractivity contribution is 6.05. The Hall–Kier alpha value is -1.43. The van der Waals surface area contributed by atoms with E-state index in [1.807, 2.05) is 13.8 Å². The lowest BCUT2D eigenvalue weighted by molar-refractivity contribution is -0.141. The predicted octanol–water partition coefficient (Wildman–Crippen LogP) is 0.548. The second-order valence-corrected chi connectivity index (χ2v) is 5.21. The van der Waals surface area contributed by atoms with E-state index in [0.29, 0.717) is 19.4 Å². The predicted molar refractivity (Wildman–Crippen MR) is 75.7 cm³/mol. The number of hydrogen-bond acceptors (Lipinski definition) is 4. The molecule has 3 N–H and O–H groups in total. The van der Waals surface area contributed by atoms with E-state index in [1.54, 1.807) is 0 Å². The van der Waals surface area contributed by atoms with E-state index in [9.17, 15) is 14.4 Å². The summed E-state index contributed by atoms with van der Waals surface area (Å²) in [6.45, 7) is 4.59. The first-order valence-corrected chi connectivity index (χ1v) is 7.38. The molecular formula is C14H25N3O3. The standard InChI is InChI=1S/C14H25N3O3/c1-3-10(4-2)17-13(19)9-11(14(17)20)16-8-6-5-7-12(15)18/h10-11,16H,3-9H2,1-2H3,(H2,15,18). The Kier molecular flexibility index (Phi) is 6.64. The molecule has 0 spiro atoms. The van der Waals surface area contributed by atoms with Gasteiger partial charge in [0.1, 0.15) is 0 Å². The zero-order valence-electron chi connectivity index (χ0n) is 12.4. The molecule has 1 aliphatic rings. The van der Waals surface area contributed by atoms with Crippen LogP contribution in [-0.4, -0.2) is 41.2 Å². The molecule has 1 fully saturated rings. The van der Waals surface area contributed by atoms with Crippen LogP contribution >= 0.6 is 0 Å². The fourth-order valence-electron chi connectivity index (χ4n) is 2.55. The van der Waals surface area contributed by atoms with Crippen LogP contribution in [0.2, 0.25) is 0 Å². The van der Waals surface area contributed by atoms with E-state index in [-0.39, 0.29) is 30.2 Å². The smallest absolute Gasteiger partial charge is 0.247 e. The number of hydrogen-bond donors (Lipinski definition) is 2. The maximum absolute atomic E-state index is 12.2. The number of nitrogens with one attached hydrogen (secondary N) is 1. The van der Waals surface area contributed by atoms with Crippen LogP contribution < -0.4 is 11.1 Å². The third-order valence-electron chi connectivity index (χ3n) is 3.73. The van der Waals surface area contributed by atoms with Crippen molar-refractivity contribution in [3.05, 3.63) is 0 Å². The quantitative estimate of drug-likeness (QED) is 0.477. The van der Waals surface area contributed by atoms with Gasteiger partial charge in [0.2, 0.25) is 17.7 Å². The van der Waals surface area contributed by atoms with Gasteiger partial charge in [-0.05, 0) is 32.2 Å². The lowest BCUT2D eigenvalue weighted by Crippen LogP contribution is -2.43. The summed E-state index contributed by atoms with van der Waals surface area (Å²) in [7, 11) is 0. The fraction of sp³-hybridized carbons (Fsp3) is 0.786. The largest absolute Gasteiger partial charge is 0.370 e. The average Bonchev–Trinajstić information content (AvgIpc) is 2.67. The van der Waals surface area contributed by atoms with Crippen LogP contribution in [-0.2, 0) is 14.4 Å². The van der Waals surface area contributed by atoms with Crippen molar-refractivity contribution < 1.29 is 14.4 Å². The molecule has 0 saturated carbocycles. The summed E-state index contributed by atoms with van der Waals surface area (Å²) in [5.74, 6) is -0.506. The van der Waals surface area contributed by atoms with Crippen molar-refractivity contribution in [2.45, 2.75) is 64.5 Å². The highest BCUT2D eigenvalue weighted by Gasteiger charge is 2.40. The number of imide groups is 1. The van der Waals surface area contributed by atoms with E-state index in [2.05, 4.69) is 5.32 Å². The lowest BCUT2D eigenvalue weighted by atomic mass is 10.1. The molecule has 1 heterocycles. The zero-order chi connectivity index (χ0) is 15.1. The molecule has 3 amide bonds. The van der Waals surface area contributed by atoms with Crippen LogP contribution in [0.15, 0.2) is 0 Å². The molecule has 1 saturated heterocycles. The molecule has 20 heavy (non-hydrogen) atoms. The van der Waals surface area contributed by atoms with Gasteiger partial charge >= 0.3 is 0 Å². The first-order chi connectivity index (χ1) is 9.51. The molecule has 0 bridgehead atoms. The summed E-state index contributed by atoms with van der Waals surface area (Å²) < 4.78 is 0. The van der Waals surface area contributed by atoms with Crippen molar-refractivity contribution >= 4 is 17.7 Å². The number of unbranched alkanes of at least 4 members (excludes halogenated alkanes) is 1. The van der Waals surface area contributed by atoms with Gasteiger partial charge in [-0.1, -0.05) is 13.8 Å². The highest BCUT2D eigenvalue weighted by atomic mass is 16.2. The summed E-state index contributed by atoms with van der Waals surface area (Å²) in [4.78, 5) is 36.2. The van der Waals surface area contributed by atoms with Crippen molar-refractivity contribution in [3.8, 4) is 0 Å². The summed E-state index contributed by atoms with van der Waals surface area (Å²) in [6.07, 6.45) is 3.65. The number of amides is 3. The van der Waals surface area contributed by atoms with Gasteiger partial charge in [0.05, 0.1) is 12.5 Å². The Labute approximate surface area is 120 Å². The van der Waals surface area contributed by atoms with Gasteiger partial charge in [-0.25, -0.2) is 0 Å².